The molecule has 1 unspecified atom stereocenters. The molecule has 0 radical (unpaired) electrons. The molecule has 0 aromatic heterocycles. The van der Waals surface area contributed by atoms with Gasteiger partial charge in [0.05, 0.1) is 0 Å². The van der Waals surface area contributed by atoms with Crippen molar-refractivity contribution < 1.29 is 28.6 Å². The minimum absolute atomic E-state index is 0.0919. The lowest BCUT2D eigenvalue weighted by Crippen LogP contribution is -2.30. The SMILES string of the molecule is CC/C=C\C/C=C\C/C=C\C/C=C\C/C=C\C/C=C\C/C=C\CCCCCCCC(=O)OCC(COC(=O)CCCCCCC/C=C\CCCCCC)OC(=O)CCCCCCCCCCC/C=C\C/C=C\CCCCCCC. The molecule has 0 saturated heterocycles. The molecule has 0 rings (SSSR count). The smallest absolute Gasteiger partial charge is 0.306 e. The van der Waals surface area contributed by atoms with Crippen LogP contribution in [-0.4, -0.2) is 37.2 Å². The van der Waals surface area contributed by atoms with Crippen LogP contribution in [0.1, 0.15) is 303 Å². The van der Waals surface area contributed by atoms with Crippen molar-refractivity contribution in [3.05, 3.63) is 122 Å². The van der Waals surface area contributed by atoms with Crippen LogP contribution >= 0.6 is 0 Å². The molecule has 0 saturated carbocycles. The minimum atomic E-state index is -0.797. The predicted octanol–water partition coefficient (Wildman–Crippen LogP) is 22.8. The van der Waals surface area contributed by atoms with Crippen LogP contribution in [0.3, 0.4) is 0 Å². The van der Waals surface area contributed by atoms with Crippen molar-refractivity contribution in [2.45, 2.75) is 309 Å². The molecule has 0 aromatic carbocycles. The third-order valence-electron chi connectivity index (χ3n) is 13.9. The number of unbranched alkanes of at least 4 members (excludes halogenated alkanes) is 28. The van der Waals surface area contributed by atoms with Gasteiger partial charge < -0.3 is 14.2 Å². The first-order valence-electron chi connectivity index (χ1n) is 33.0. The van der Waals surface area contributed by atoms with E-state index in [9.17, 15) is 14.4 Å². The maximum Gasteiger partial charge on any atom is 0.306 e. The third-order valence-corrected chi connectivity index (χ3v) is 13.9. The Kier molecular flexibility index (Phi) is 62.8. The lowest BCUT2D eigenvalue weighted by molar-refractivity contribution is -0.167. The molecule has 0 amide bonds. The highest BCUT2D eigenvalue weighted by Gasteiger charge is 2.19. The van der Waals surface area contributed by atoms with Crippen LogP contribution in [0.4, 0.5) is 0 Å². The monoisotopic (exact) mass is 1090 g/mol. The fourth-order valence-electron chi connectivity index (χ4n) is 8.98. The number of ether oxygens (including phenoxy) is 3. The summed E-state index contributed by atoms with van der Waals surface area (Å²) in [5, 5.41) is 0. The topological polar surface area (TPSA) is 78.9 Å². The van der Waals surface area contributed by atoms with E-state index in [0.29, 0.717) is 19.3 Å². The average molecular weight is 1100 g/mol. The molecule has 0 aliphatic heterocycles. The zero-order valence-corrected chi connectivity index (χ0v) is 51.6. The van der Waals surface area contributed by atoms with E-state index in [1.54, 1.807) is 0 Å². The number of allylic oxidation sites excluding steroid dienone is 20. The first-order chi connectivity index (χ1) is 39.0. The fraction of sp³-hybridized carbons (Fsp3) is 0.685. The molecule has 0 N–H and O–H groups in total. The summed E-state index contributed by atoms with van der Waals surface area (Å²) in [5.41, 5.74) is 0. The maximum absolute atomic E-state index is 12.9. The van der Waals surface area contributed by atoms with E-state index in [1.165, 1.54) is 128 Å². The number of esters is 3. The number of carbonyl (C=O) groups is 3. The van der Waals surface area contributed by atoms with Crippen LogP contribution < -0.4 is 0 Å². The van der Waals surface area contributed by atoms with Crippen molar-refractivity contribution in [1.82, 2.24) is 0 Å². The van der Waals surface area contributed by atoms with Gasteiger partial charge in [-0.3, -0.25) is 14.4 Å². The van der Waals surface area contributed by atoms with Gasteiger partial charge in [0.25, 0.3) is 0 Å². The van der Waals surface area contributed by atoms with Crippen LogP contribution in [0.5, 0.6) is 0 Å². The summed E-state index contributed by atoms with van der Waals surface area (Å²) in [6.07, 6.45) is 92.0. The van der Waals surface area contributed by atoms with E-state index >= 15 is 0 Å². The molecule has 0 heterocycles. The Labute approximate surface area is 488 Å². The van der Waals surface area contributed by atoms with Gasteiger partial charge in [-0.15, -0.1) is 0 Å². The van der Waals surface area contributed by atoms with E-state index in [0.717, 1.165) is 135 Å². The van der Waals surface area contributed by atoms with Crippen LogP contribution in [0.15, 0.2) is 122 Å². The van der Waals surface area contributed by atoms with Crippen molar-refractivity contribution in [2.75, 3.05) is 13.2 Å². The number of rotatable bonds is 59. The fourth-order valence-corrected chi connectivity index (χ4v) is 8.98. The molecule has 450 valence electrons. The van der Waals surface area contributed by atoms with Crippen molar-refractivity contribution in [1.29, 1.82) is 0 Å². The Hall–Kier alpha value is -4.19. The average Bonchev–Trinajstić information content (AvgIpc) is 3.45. The predicted molar refractivity (Wildman–Crippen MR) is 343 cm³/mol. The summed E-state index contributed by atoms with van der Waals surface area (Å²) in [6, 6.07) is 0. The first-order valence-corrected chi connectivity index (χ1v) is 33.0. The second-order valence-corrected chi connectivity index (χ2v) is 21.6. The van der Waals surface area contributed by atoms with Gasteiger partial charge >= 0.3 is 17.9 Å². The minimum Gasteiger partial charge on any atom is -0.462 e. The maximum atomic E-state index is 12.9. The van der Waals surface area contributed by atoms with E-state index in [4.69, 9.17) is 14.2 Å². The molecule has 6 nitrogen and oxygen atoms in total. The molecular formula is C73H122O6. The summed E-state index contributed by atoms with van der Waals surface area (Å²) < 4.78 is 16.9. The van der Waals surface area contributed by atoms with E-state index in [2.05, 4.69) is 142 Å². The summed E-state index contributed by atoms with van der Waals surface area (Å²) in [7, 11) is 0. The van der Waals surface area contributed by atoms with Gasteiger partial charge in [-0.1, -0.05) is 271 Å². The summed E-state index contributed by atoms with van der Waals surface area (Å²) in [4.78, 5) is 38.3. The lowest BCUT2D eigenvalue weighted by atomic mass is 10.1. The van der Waals surface area contributed by atoms with Gasteiger partial charge in [-0.2, -0.15) is 0 Å². The molecule has 0 aromatic rings. The molecular weight excluding hydrogens is 973 g/mol. The number of hydrogen-bond donors (Lipinski definition) is 0. The number of carbonyl (C=O) groups excluding carboxylic acids is 3. The van der Waals surface area contributed by atoms with Crippen LogP contribution in [0, 0.1) is 0 Å². The molecule has 79 heavy (non-hydrogen) atoms. The van der Waals surface area contributed by atoms with Crippen molar-refractivity contribution >= 4 is 17.9 Å². The van der Waals surface area contributed by atoms with Gasteiger partial charge in [-0.05, 0) is 135 Å². The molecule has 0 fully saturated rings. The standard InChI is InChI=1S/C73H122O6/c1-4-7-10-13-16-19-22-25-27-29-31-33-34-35-36-37-38-40-41-43-45-48-51-54-57-60-63-66-72(75)78-69-70(68-77-71(74)65-62-59-56-53-50-47-24-21-18-15-12-9-6-3)79-73(76)67-64-61-58-55-52-49-46-44-42-39-32-30-28-26-23-20-17-14-11-8-5-2/h7,10,16,19,21,23-27,30-33,35-36,38,40,43,45,70H,4-6,8-9,11-15,17-18,20,22,28-29,34,37,39,41-42,44,46-69H2,1-3H3/b10-7-,19-16-,24-21-,26-23-,27-25-,32-30-,33-31-,36-35-,40-38-,45-43-. The zero-order chi connectivity index (χ0) is 57.1. The summed E-state index contributed by atoms with van der Waals surface area (Å²) in [5.74, 6) is -0.918. The lowest BCUT2D eigenvalue weighted by Gasteiger charge is -2.18. The van der Waals surface area contributed by atoms with Gasteiger partial charge in [0.15, 0.2) is 6.10 Å². The van der Waals surface area contributed by atoms with E-state index in [1.807, 2.05) is 0 Å². The van der Waals surface area contributed by atoms with Crippen LogP contribution in [0.2, 0.25) is 0 Å². The van der Waals surface area contributed by atoms with Crippen molar-refractivity contribution in [3.8, 4) is 0 Å². The zero-order valence-electron chi connectivity index (χ0n) is 51.6. The first kappa shape index (κ1) is 74.8. The molecule has 6 heteroatoms. The molecule has 0 aliphatic carbocycles. The highest BCUT2D eigenvalue weighted by atomic mass is 16.6. The highest BCUT2D eigenvalue weighted by molar-refractivity contribution is 5.71. The quantitative estimate of drug-likeness (QED) is 0.0261. The Bertz CT molecular complexity index is 1640. The Morgan fingerprint density at radius 2 is 0.494 bits per heavy atom. The molecule has 0 spiro atoms. The Morgan fingerprint density at radius 3 is 0.797 bits per heavy atom. The van der Waals surface area contributed by atoms with Crippen molar-refractivity contribution in [2.24, 2.45) is 0 Å². The highest BCUT2D eigenvalue weighted by Crippen LogP contribution is 2.15. The summed E-state index contributed by atoms with van der Waals surface area (Å²) >= 11 is 0. The summed E-state index contributed by atoms with van der Waals surface area (Å²) in [6.45, 7) is 6.49. The third kappa shape index (κ3) is 64.5. The van der Waals surface area contributed by atoms with E-state index < -0.39 is 6.10 Å². The molecule has 1 atom stereocenters. The second-order valence-electron chi connectivity index (χ2n) is 21.6. The largest absolute Gasteiger partial charge is 0.462 e. The Morgan fingerprint density at radius 1 is 0.266 bits per heavy atom. The van der Waals surface area contributed by atoms with Gasteiger partial charge in [0.2, 0.25) is 0 Å². The second kappa shape index (κ2) is 66.3. The van der Waals surface area contributed by atoms with Crippen LogP contribution in [-0.2, 0) is 28.6 Å². The van der Waals surface area contributed by atoms with Gasteiger partial charge in [-0.25, -0.2) is 0 Å². The van der Waals surface area contributed by atoms with Gasteiger partial charge in [0.1, 0.15) is 13.2 Å². The van der Waals surface area contributed by atoms with Crippen LogP contribution in [0.25, 0.3) is 0 Å². The normalized spacial score (nSPS) is 12.9. The molecule has 0 aliphatic rings. The molecule has 0 bridgehead atoms. The number of hydrogen-bond acceptors (Lipinski definition) is 6. The van der Waals surface area contributed by atoms with Gasteiger partial charge in [0, 0.05) is 19.3 Å². The van der Waals surface area contributed by atoms with E-state index in [-0.39, 0.29) is 31.1 Å². The van der Waals surface area contributed by atoms with Crippen molar-refractivity contribution in [3.63, 3.8) is 0 Å². The Balaban J connectivity index is 4.39.